The van der Waals surface area contributed by atoms with Crippen LogP contribution < -0.4 is 10.1 Å². The molecule has 40 heavy (non-hydrogen) atoms. The lowest BCUT2D eigenvalue weighted by atomic mass is 9.77. The summed E-state index contributed by atoms with van der Waals surface area (Å²) in [4.78, 5) is 13.0. The predicted molar refractivity (Wildman–Crippen MR) is 128 cm³/mol. The summed E-state index contributed by atoms with van der Waals surface area (Å²) in [6.45, 7) is 0. The Labute approximate surface area is 227 Å². The molecular weight excluding hydrogens is 577 g/mol. The third-order valence-corrected chi connectivity index (χ3v) is 6.13. The van der Waals surface area contributed by atoms with Gasteiger partial charge in [-0.3, -0.25) is 4.79 Å². The molecule has 0 aliphatic rings. The van der Waals surface area contributed by atoms with Crippen LogP contribution in [0.2, 0.25) is 5.02 Å². The van der Waals surface area contributed by atoms with E-state index in [-0.39, 0.29) is 17.5 Å². The van der Waals surface area contributed by atoms with Crippen molar-refractivity contribution >= 4 is 17.5 Å². The second-order valence-electron chi connectivity index (χ2n) is 8.86. The van der Waals surface area contributed by atoms with Crippen LogP contribution in [-0.2, 0) is 16.8 Å². The molecule has 0 aromatic heterocycles. The molecule has 3 aromatic rings. The lowest BCUT2D eigenvalue weighted by molar-refractivity contribution is -0.360. The van der Waals surface area contributed by atoms with Crippen LogP contribution in [0, 0.1) is 5.82 Å². The van der Waals surface area contributed by atoms with Gasteiger partial charge in [-0.2, -0.15) is 35.1 Å². The molecule has 3 nitrogen and oxygen atoms in total. The van der Waals surface area contributed by atoms with E-state index < -0.39 is 65.8 Å². The molecule has 13 heteroatoms. The van der Waals surface area contributed by atoms with Crippen LogP contribution in [-0.4, -0.2) is 24.4 Å². The fourth-order valence-corrected chi connectivity index (χ4v) is 4.18. The average Bonchev–Trinajstić information content (AvgIpc) is 2.84. The lowest BCUT2D eigenvalue weighted by Gasteiger charge is -2.37. The molecule has 1 amide bonds. The van der Waals surface area contributed by atoms with E-state index in [1.807, 2.05) is 0 Å². The van der Waals surface area contributed by atoms with Crippen molar-refractivity contribution in [2.75, 3.05) is 0 Å². The SMILES string of the molecule is O=C(CCCC(F)(F)F)N[C@@](Cc1ccccc1)(c1cccc(OC(F)(F)C(F)(F)F)c1)c1ccc(F)c(Cl)c1. The van der Waals surface area contributed by atoms with Gasteiger partial charge in [0.2, 0.25) is 5.91 Å². The first-order valence-electron chi connectivity index (χ1n) is 11.6. The summed E-state index contributed by atoms with van der Waals surface area (Å²) in [5.41, 5.74) is -1.31. The van der Waals surface area contributed by atoms with Gasteiger partial charge in [0.15, 0.2) is 0 Å². The Morgan fingerprint density at radius 2 is 1.48 bits per heavy atom. The van der Waals surface area contributed by atoms with Crippen molar-refractivity contribution < 1.29 is 49.0 Å². The maximum absolute atomic E-state index is 14.1. The van der Waals surface area contributed by atoms with Crippen molar-refractivity contribution in [3.05, 3.63) is 100 Å². The molecule has 0 spiro atoms. The van der Waals surface area contributed by atoms with Gasteiger partial charge in [-0.05, 0) is 47.4 Å². The van der Waals surface area contributed by atoms with Crippen LogP contribution in [0.1, 0.15) is 36.0 Å². The van der Waals surface area contributed by atoms with Crippen LogP contribution >= 0.6 is 11.6 Å². The Morgan fingerprint density at radius 3 is 2.08 bits per heavy atom. The van der Waals surface area contributed by atoms with E-state index in [0.29, 0.717) is 5.56 Å². The van der Waals surface area contributed by atoms with Gasteiger partial charge in [-0.1, -0.05) is 60.1 Å². The quantitative estimate of drug-likeness (QED) is 0.239. The van der Waals surface area contributed by atoms with Crippen molar-refractivity contribution in [2.45, 2.75) is 49.7 Å². The van der Waals surface area contributed by atoms with Crippen LogP contribution in [0.25, 0.3) is 0 Å². The minimum atomic E-state index is -6.04. The molecule has 0 saturated heterocycles. The molecule has 216 valence electrons. The second-order valence-corrected chi connectivity index (χ2v) is 9.27. The zero-order valence-corrected chi connectivity index (χ0v) is 21.1. The number of hydrogen-bond acceptors (Lipinski definition) is 2. The first-order valence-corrected chi connectivity index (χ1v) is 12.0. The minimum absolute atomic E-state index is 0.0756. The van der Waals surface area contributed by atoms with E-state index >= 15 is 0 Å². The minimum Gasteiger partial charge on any atom is -0.426 e. The molecule has 0 heterocycles. The summed E-state index contributed by atoms with van der Waals surface area (Å²) in [5.74, 6) is -2.67. The number of amides is 1. The van der Waals surface area contributed by atoms with Gasteiger partial charge in [0.25, 0.3) is 0 Å². The summed E-state index contributed by atoms with van der Waals surface area (Å²) < 4.78 is 122. The first kappa shape index (κ1) is 31.1. The number of nitrogens with one attached hydrogen (secondary N) is 1. The highest BCUT2D eigenvalue weighted by atomic mass is 35.5. The number of rotatable bonds is 10. The predicted octanol–water partition coefficient (Wildman–Crippen LogP) is 8.35. The highest BCUT2D eigenvalue weighted by molar-refractivity contribution is 6.30. The molecule has 0 radical (unpaired) electrons. The van der Waals surface area contributed by atoms with Crippen molar-refractivity contribution in [1.82, 2.24) is 5.32 Å². The Kier molecular flexibility index (Phi) is 9.33. The Morgan fingerprint density at radius 1 is 0.825 bits per heavy atom. The largest absolute Gasteiger partial charge is 0.499 e. The van der Waals surface area contributed by atoms with Crippen molar-refractivity contribution in [1.29, 1.82) is 0 Å². The van der Waals surface area contributed by atoms with Crippen molar-refractivity contribution in [3.8, 4) is 5.75 Å². The summed E-state index contributed by atoms with van der Waals surface area (Å²) in [5, 5.41) is 2.21. The van der Waals surface area contributed by atoms with Crippen molar-refractivity contribution in [3.63, 3.8) is 0 Å². The summed E-state index contributed by atoms with van der Waals surface area (Å²) in [7, 11) is 0. The summed E-state index contributed by atoms with van der Waals surface area (Å²) >= 11 is 5.99. The number of ether oxygens (including phenoxy) is 1. The number of alkyl halides is 8. The monoisotopic (exact) mass is 597 g/mol. The van der Waals surface area contributed by atoms with E-state index in [4.69, 9.17) is 11.6 Å². The number of carbonyl (C=O) groups excluding carboxylic acids is 1. The molecule has 0 bridgehead atoms. The molecule has 0 aliphatic carbocycles. The van der Waals surface area contributed by atoms with E-state index in [9.17, 15) is 44.3 Å². The van der Waals surface area contributed by atoms with E-state index in [1.54, 1.807) is 30.3 Å². The molecular formula is C27H21ClF9NO2. The Hall–Kier alpha value is -3.41. The van der Waals surface area contributed by atoms with Crippen LogP contribution in [0.4, 0.5) is 39.5 Å². The molecule has 3 aromatic carbocycles. The number of halogens is 10. The molecule has 0 aliphatic heterocycles. The van der Waals surface area contributed by atoms with E-state index in [0.717, 1.165) is 30.3 Å². The van der Waals surface area contributed by atoms with Gasteiger partial charge in [0.05, 0.1) is 10.6 Å². The van der Waals surface area contributed by atoms with E-state index in [2.05, 4.69) is 10.1 Å². The third-order valence-electron chi connectivity index (χ3n) is 5.84. The molecule has 1 atom stereocenters. The fraction of sp³-hybridized carbons (Fsp3) is 0.296. The number of carbonyl (C=O) groups is 1. The lowest BCUT2D eigenvalue weighted by Crippen LogP contribution is -2.48. The van der Waals surface area contributed by atoms with E-state index in [1.165, 1.54) is 12.1 Å². The maximum Gasteiger partial charge on any atom is 0.499 e. The van der Waals surface area contributed by atoms with Gasteiger partial charge in [-0.15, -0.1) is 0 Å². The second kappa shape index (κ2) is 12.0. The standard InChI is InChI=1S/C27H21ClF9NO2/c28-21-15-19(11-12-22(21)29)24(16-17-6-2-1-3-7-17,38-23(39)10-5-13-25(30,31)32)18-8-4-9-20(14-18)40-27(36,37)26(33,34)35/h1-4,6-9,11-12,14-15H,5,10,13,16H2,(H,38,39)/t24-/m0/s1. The average molecular weight is 598 g/mol. The Balaban J connectivity index is 2.17. The molecule has 3 rings (SSSR count). The maximum atomic E-state index is 14.1. The van der Waals surface area contributed by atoms with Crippen LogP contribution in [0.15, 0.2) is 72.8 Å². The highest BCUT2D eigenvalue weighted by Gasteiger charge is 2.61. The smallest absolute Gasteiger partial charge is 0.426 e. The van der Waals surface area contributed by atoms with Gasteiger partial charge in [-0.25, -0.2) is 4.39 Å². The summed E-state index contributed by atoms with van der Waals surface area (Å²) in [6, 6.07) is 15.5. The van der Waals surface area contributed by atoms with Gasteiger partial charge in [0, 0.05) is 19.3 Å². The topological polar surface area (TPSA) is 38.3 Å². The van der Waals surface area contributed by atoms with Crippen molar-refractivity contribution in [2.24, 2.45) is 0 Å². The van der Waals surface area contributed by atoms with Gasteiger partial charge >= 0.3 is 18.5 Å². The van der Waals surface area contributed by atoms with Crippen LogP contribution in [0.3, 0.4) is 0 Å². The van der Waals surface area contributed by atoms with Crippen LogP contribution in [0.5, 0.6) is 5.75 Å². The third kappa shape index (κ3) is 7.83. The Bertz CT molecular complexity index is 1310. The fourth-order valence-electron chi connectivity index (χ4n) is 4.00. The molecule has 0 saturated carbocycles. The number of benzene rings is 3. The normalized spacial score (nSPS) is 13.9. The zero-order valence-electron chi connectivity index (χ0n) is 20.4. The zero-order chi connectivity index (χ0) is 29.8. The first-order chi connectivity index (χ1) is 18.5. The molecule has 0 fully saturated rings. The molecule has 1 N–H and O–H groups in total. The molecule has 0 unspecified atom stereocenters. The highest BCUT2D eigenvalue weighted by Crippen LogP contribution is 2.40. The number of hydrogen-bond donors (Lipinski definition) is 1. The summed E-state index contributed by atoms with van der Waals surface area (Å²) in [6.07, 6.45) is -18.8. The van der Waals surface area contributed by atoms with Gasteiger partial charge in [0.1, 0.15) is 11.6 Å². The van der Waals surface area contributed by atoms with Gasteiger partial charge < -0.3 is 10.1 Å².